The van der Waals surface area contributed by atoms with Gasteiger partial charge in [-0.25, -0.2) is 0 Å². The number of hydrogen-bond acceptors (Lipinski definition) is 2. The Kier molecular flexibility index (Phi) is 5.67. The van der Waals surface area contributed by atoms with Gasteiger partial charge in [-0.15, -0.1) is 0 Å². The molecular weight excluding hydrogens is 248 g/mol. The van der Waals surface area contributed by atoms with E-state index in [-0.39, 0.29) is 18.4 Å². The maximum Gasteiger partial charge on any atom is 0.227 e. The largest absolute Gasteiger partial charge is 0.339 e. The van der Waals surface area contributed by atoms with Crippen molar-refractivity contribution in [2.24, 2.45) is 0 Å². The van der Waals surface area contributed by atoms with Gasteiger partial charge in [0.25, 0.3) is 0 Å². The molecule has 0 saturated carbocycles. The summed E-state index contributed by atoms with van der Waals surface area (Å²) in [7, 11) is 0. The predicted molar refractivity (Wildman–Crippen MR) is 72.2 cm³/mol. The van der Waals surface area contributed by atoms with Gasteiger partial charge in [0.05, 0.1) is 18.9 Å². The van der Waals surface area contributed by atoms with Crippen LogP contribution in [-0.4, -0.2) is 23.4 Å². The third-order valence-electron chi connectivity index (χ3n) is 2.71. The first-order valence-electron chi connectivity index (χ1n) is 5.96. The van der Waals surface area contributed by atoms with Crippen LogP contribution in [0.5, 0.6) is 0 Å². The zero-order chi connectivity index (χ0) is 13.5. The molecule has 0 radical (unpaired) electrons. The SMILES string of the molecule is CC(C)N(CCC#N)C(=O)Cc1ccccc1Cl. The Labute approximate surface area is 113 Å². The molecule has 4 heteroatoms. The highest BCUT2D eigenvalue weighted by molar-refractivity contribution is 6.31. The van der Waals surface area contributed by atoms with Crippen LogP contribution < -0.4 is 0 Å². The number of nitrogens with zero attached hydrogens (tertiary/aromatic N) is 2. The molecule has 0 heterocycles. The standard InChI is InChI=1S/C14H17ClN2O/c1-11(2)17(9-5-8-16)14(18)10-12-6-3-4-7-13(12)15/h3-4,6-7,11H,5,9-10H2,1-2H3. The molecule has 1 rings (SSSR count). The second kappa shape index (κ2) is 7.03. The van der Waals surface area contributed by atoms with Crippen LogP contribution in [0.15, 0.2) is 24.3 Å². The molecule has 0 saturated heterocycles. The number of rotatable bonds is 5. The monoisotopic (exact) mass is 264 g/mol. The number of amides is 1. The molecule has 0 bridgehead atoms. The van der Waals surface area contributed by atoms with Crippen LogP contribution in [0.3, 0.4) is 0 Å². The summed E-state index contributed by atoms with van der Waals surface area (Å²) in [5, 5.41) is 9.21. The summed E-state index contributed by atoms with van der Waals surface area (Å²) in [6, 6.07) is 9.49. The second-order valence-corrected chi connectivity index (χ2v) is 4.76. The summed E-state index contributed by atoms with van der Waals surface area (Å²) in [4.78, 5) is 13.9. The lowest BCUT2D eigenvalue weighted by Crippen LogP contribution is -2.38. The van der Waals surface area contributed by atoms with Gasteiger partial charge in [0.15, 0.2) is 0 Å². The molecule has 0 atom stereocenters. The van der Waals surface area contributed by atoms with Crippen LogP contribution in [0.25, 0.3) is 0 Å². The average molecular weight is 265 g/mol. The first-order chi connectivity index (χ1) is 8.56. The summed E-state index contributed by atoms with van der Waals surface area (Å²) in [5.41, 5.74) is 0.826. The number of carbonyl (C=O) groups is 1. The maximum absolute atomic E-state index is 12.2. The predicted octanol–water partition coefficient (Wildman–Crippen LogP) is 3.03. The highest BCUT2D eigenvalue weighted by Crippen LogP contribution is 2.16. The van der Waals surface area contributed by atoms with Crippen LogP contribution in [-0.2, 0) is 11.2 Å². The summed E-state index contributed by atoms with van der Waals surface area (Å²) < 4.78 is 0. The first kappa shape index (κ1) is 14.5. The van der Waals surface area contributed by atoms with Gasteiger partial charge in [-0.05, 0) is 25.5 Å². The molecule has 1 aromatic carbocycles. The summed E-state index contributed by atoms with van der Waals surface area (Å²) in [6.45, 7) is 4.36. The van der Waals surface area contributed by atoms with Crippen molar-refractivity contribution in [2.45, 2.75) is 32.7 Å². The fourth-order valence-electron chi connectivity index (χ4n) is 1.75. The lowest BCUT2D eigenvalue weighted by atomic mass is 10.1. The minimum absolute atomic E-state index is 0.00773. The normalized spacial score (nSPS) is 10.2. The van der Waals surface area contributed by atoms with Crippen molar-refractivity contribution >= 4 is 17.5 Å². The lowest BCUT2D eigenvalue weighted by molar-refractivity contribution is -0.132. The van der Waals surface area contributed by atoms with Crippen molar-refractivity contribution in [3.63, 3.8) is 0 Å². The molecule has 0 aliphatic rings. The van der Waals surface area contributed by atoms with E-state index in [4.69, 9.17) is 16.9 Å². The molecule has 0 unspecified atom stereocenters. The molecule has 1 amide bonds. The number of hydrogen-bond donors (Lipinski definition) is 0. The Balaban J connectivity index is 2.73. The van der Waals surface area contributed by atoms with Crippen LogP contribution in [0.1, 0.15) is 25.8 Å². The number of halogens is 1. The Bertz CT molecular complexity index is 451. The van der Waals surface area contributed by atoms with Crippen molar-refractivity contribution in [1.82, 2.24) is 4.90 Å². The zero-order valence-corrected chi connectivity index (χ0v) is 11.4. The minimum Gasteiger partial charge on any atom is -0.339 e. The zero-order valence-electron chi connectivity index (χ0n) is 10.7. The summed E-state index contributed by atoms with van der Waals surface area (Å²) >= 11 is 6.03. The number of carbonyl (C=O) groups excluding carboxylic acids is 1. The van der Waals surface area contributed by atoms with E-state index >= 15 is 0 Å². The molecule has 0 N–H and O–H groups in total. The highest BCUT2D eigenvalue weighted by atomic mass is 35.5. The van der Waals surface area contributed by atoms with Crippen LogP contribution in [0.2, 0.25) is 5.02 Å². The van der Waals surface area contributed by atoms with Crippen molar-refractivity contribution in [1.29, 1.82) is 5.26 Å². The van der Waals surface area contributed by atoms with Crippen molar-refractivity contribution in [2.75, 3.05) is 6.54 Å². The van der Waals surface area contributed by atoms with Crippen molar-refractivity contribution < 1.29 is 4.79 Å². The lowest BCUT2D eigenvalue weighted by Gasteiger charge is -2.26. The van der Waals surface area contributed by atoms with Gasteiger partial charge in [0.1, 0.15) is 0 Å². The summed E-state index contributed by atoms with van der Waals surface area (Å²) in [6.07, 6.45) is 0.635. The second-order valence-electron chi connectivity index (χ2n) is 4.36. The van der Waals surface area contributed by atoms with Gasteiger partial charge in [0.2, 0.25) is 5.91 Å². The van der Waals surface area contributed by atoms with Gasteiger partial charge < -0.3 is 4.90 Å². The van der Waals surface area contributed by atoms with Crippen LogP contribution >= 0.6 is 11.6 Å². The molecule has 0 aromatic heterocycles. The van der Waals surface area contributed by atoms with E-state index in [1.807, 2.05) is 32.0 Å². The van der Waals surface area contributed by atoms with Crippen molar-refractivity contribution in [3.8, 4) is 6.07 Å². The third-order valence-corrected chi connectivity index (χ3v) is 3.08. The topological polar surface area (TPSA) is 44.1 Å². The molecule has 1 aromatic rings. The Hall–Kier alpha value is -1.53. The Morgan fingerprint density at radius 1 is 1.44 bits per heavy atom. The van der Waals surface area contributed by atoms with E-state index in [9.17, 15) is 4.79 Å². The molecule has 0 fully saturated rings. The molecule has 0 spiro atoms. The average Bonchev–Trinajstić information content (AvgIpc) is 2.32. The smallest absolute Gasteiger partial charge is 0.227 e. The Morgan fingerprint density at radius 3 is 2.67 bits per heavy atom. The first-order valence-corrected chi connectivity index (χ1v) is 6.34. The van der Waals surface area contributed by atoms with Gasteiger partial charge in [-0.3, -0.25) is 4.79 Å². The van der Waals surface area contributed by atoms with E-state index in [0.717, 1.165) is 5.56 Å². The number of benzene rings is 1. The molecular formula is C14H17ClN2O. The van der Waals surface area contributed by atoms with Gasteiger partial charge in [-0.2, -0.15) is 5.26 Å². The number of nitriles is 1. The fourth-order valence-corrected chi connectivity index (χ4v) is 1.95. The molecule has 0 aliphatic heterocycles. The minimum atomic E-state index is 0.00773. The van der Waals surface area contributed by atoms with E-state index in [0.29, 0.717) is 18.0 Å². The quantitative estimate of drug-likeness (QED) is 0.820. The summed E-state index contributed by atoms with van der Waals surface area (Å²) in [5.74, 6) is 0.00773. The maximum atomic E-state index is 12.2. The molecule has 18 heavy (non-hydrogen) atoms. The van der Waals surface area contributed by atoms with Gasteiger partial charge >= 0.3 is 0 Å². The molecule has 3 nitrogen and oxygen atoms in total. The van der Waals surface area contributed by atoms with E-state index in [2.05, 4.69) is 6.07 Å². The fraction of sp³-hybridized carbons (Fsp3) is 0.429. The van der Waals surface area contributed by atoms with Gasteiger partial charge in [-0.1, -0.05) is 29.8 Å². The van der Waals surface area contributed by atoms with E-state index < -0.39 is 0 Å². The van der Waals surface area contributed by atoms with E-state index in [1.54, 1.807) is 11.0 Å². The van der Waals surface area contributed by atoms with Gasteiger partial charge in [0, 0.05) is 17.6 Å². The van der Waals surface area contributed by atoms with Crippen LogP contribution in [0.4, 0.5) is 0 Å². The Morgan fingerprint density at radius 2 is 2.11 bits per heavy atom. The van der Waals surface area contributed by atoms with Crippen LogP contribution in [0, 0.1) is 11.3 Å². The molecule has 0 aliphatic carbocycles. The molecule has 96 valence electrons. The van der Waals surface area contributed by atoms with Crippen molar-refractivity contribution in [3.05, 3.63) is 34.9 Å². The van der Waals surface area contributed by atoms with E-state index in [1.165, 1.54) is 0 Å². The third kappa shape index (κ3) is 4.05. The highest BCUT2D eigenvalue weighted by Gasteiger charge is 2.17.